The molecule has 0 unspecified atom stereocenters. The molecule has 0 saturated heterocycles. The molecule has 0 radical (unpaired) electrons. The summed E-state index contributed by atoms with van der Waals surface area (Å²) >= 11 is 8.51. The quantitative estimate of drug-likeness (QED) is 0.185. The van der Waals surface area contributed by atoms with Crippen LogP contribution in [0.2, 0.25) is 0 Å². The normalized spacial score (nSPS) is 10.4. The molecule has 3 amide bonds. The van der Waals surface area contributed by atoms with Crippen molar-refractivity contribution in [1.29, 1.82) is 0 Å². The second-order valence-electron chi connectivity index (χ2n) is 8.13. The maximum atomic E-state index is 12.8. The van der Waals surface area contributed by atoms with Gasteiger partial charge in [0.15, 0.2) is 5.11 Å². The SMILES string of the molecule is CCCCCCOc1ccc(Br)cc1C(=O)NC(=S)NNC(=O)c1ccc(NC(=O)C(C)C)cc1. The van der Waals surface area contributed by atoms with E-state index < -0.39 is 11.8 Å². The number of thiocarbonyl (C=S) groups is 1. The van der Waals surface area contributed by atoms with Crippen LogP contribution < -0.4 is 26.2 Å². The third-order valence-electron chi connectivity index (χ3n) is 4.90. The molecule has 0 spiro atoms. The molecular weight excluding hydrogens is 532 g/mol. The van der Waals surface area contributed by atoms with Gasteiger partial charge in [0.1, 0.15) is 5.75 Å². The zero-order chi connectivity index (χ0) is 25.8. The molecule has 188 valence electrons. The van der Waals surface area contributed by atoms with E-state index in [1.807, 2.05) is 0 Å². The second kappa shape index (κ2) is 14.4. The van der Waals surface area contributed by atoms with Crippen LogP contribution in [0.3, 0.4) is 0 Å². The van der Waals surface area contributed by atoms with Crippen LogP contribution in [0, 0.1) is 5.92 Å². The van der Waals surface area contributed by atoms with Gasteiger partial charge >= 0.3 is 0 Å². The molecule has 35 heavy (non-hydrogen) atoms. The number of hydrogen-bond acceptors (Lipinski definition) is 5. The van der Waals surface area contributed by atoms with Gasteiger partial charge in [0.05, 0.1) is 12.2 Å². The molecule has 2 aromatic carbocycles. The molecule has 0 fully saturated rings. The van der Waals surface area contributed by atoms with Gasteiger partial charge in [-0.2, -0.15) is 0 Å². The topological polar surface area (TPSA) is 109 Å². The highest BCUT2D eigenvalue weighted by molar-refractivity contribution is 9.10. The Morgan fingerprint density at radius 1 is 0.971 bits per heavy atom. The largest absolute Gasteiger partial charge is 0.493 e. The Labute approximate surface area is 219 Å². The Morgan fingerprint density at radius 3 is 2.34 bits per heavy atom. The predicted octanol–water partition coefficient (Wildman–Crippen LogP) is 4.95. The molecule has 0 heterocycles. The van der Waals surface area contributed by atoms with E-state index in [-0.39, 0.29) is 16.9 Å². The summed E-state index contributed by atoms with van der Waals surface area (Å²) in [5.74, 6) is -0.725. The highest BCUT2D eigenvalue weighted by Crippen LogP contribution is 2.23. The number of unbranched alkanes of at least 4 members (excludes halogenated alkanes) is 3. The van der Waals surface area contributed by atoms with Crippen LogP contribution in [-0.2, 0) is 4.79 Å². The summed E-state index contributed by atoms with van der Waals surface area (Å²) < 4.78 is 6.53. The number of hydrazine groups is 1. The van der Waals surface area contributed by atoms with E-state index in [9.17, 15) is 14.4 Å². The first-order valence-corrected chi connectivity index (χ1v) is 12.7. The maximum Gasteiger partial charge on any atom is 0.269 e. The lowest BCUT2D eigenvalue weighted by Crippen LogP contribution is -2.48. The lowest BCUT2D eigenvalue weighted by Gasteiger charge is -2.14. The van der Waals surface area contributed by atoms with Crippen molar-refractivity contribution in [3.8, 4) is 5.75 Å². The number of benzene rings is 2. The smallest absolute Gasteiger partial charge is 0.269 e. The third-order valence-corrected chi connectivity index (χ3v) is 5.59. The summed E-state index contributed by atoms with van der Waals surface area (Å²) in [5.41, 5.74) is 6.22. The molecule has 0 aliphatic heterocycles. The van der Waals surface area contributed by atoms with Gasteiger partial charge in [-0.05, 0) is 61.1 Å². The van der Waals surface area contributed by atoms with Crippen molar-refractivity contribution in [1.82, 2.24) is 16.2 Å². The summed E-state index contributed by atoms with van der Waals surface area (Å²) in [4.78, 5) is 36.9. The van der Waals surface area contributed by atoms with Gasteiger partial charge in [-0.25, -0.2) is 0 Å². The Kier molecular flexibility index (Phi) is 11.6. The Bertz CT molecular complexity index is 1040. The van der Waals surface area contributed by atoms with E-state index in [4.69, 9.17) is 17.0 Å². The lowest BCUT2D eigenvalue weighted by molar-refractivity contribution is -0.118. The van der Waals surface area contributed by atoms with Crippen LogP contribution >= 0.6 is 28.1 Å². The first-order chi connectivity index (χ1) is 16.7. The van der Waals surface area contributed by atoms with Crippen LogP contribution in [0.25, 0.3) is 0 Å². The number of rotatable bonds is 10. The first-order valence-electron chi connectivity index (χ1n) is 11.5. The van der Waals surface area contributed by atoms with Gasteiger partial charge in [-0.3, -0.25) is 30.6 Å². The third kappa shape index (κ3) is 9.65. The van der Waals surface area contributed by atoms with Crippen LogP contribution in [0.4, 0.5) is 5.69 Å². The van der Waals surface area contributed by atoms with Gasteiger partial charge in [-0.1, -0.05) is 56.0 Å². The average Bonchev–Trinajstić information content (AvgIpc) is 2.83. The fourth-order valence-corrected chi connectivity index (χ4v) is 3.40. The highest BCUT2D eigenvalue weighted by atomic mass is 79.9. The molecule has 2 rings (SSSR count). The van der Waals surface area contributed by atoms with Gasteiger partial charge in [0.25, 0.3) is 11.8 Å². The van der Waals surface area contributed by atoms with Gasteiger partial charge in [-0.15, -0.1) is 0 Å². The number of carbonyl (C=O) groups is 3. The van der Waals surface area contributed by atoms with Crippen molar-refractivity contribution in [2.24, 2.45) is 5.92 Å². The zero-order valence-corrected chi connectivity index (χ0v) is 22.5. The fourth-order valence-electron chi connectivity index (χ4n) is 2.90. The van der Waals surface area contributed by atoms with Gasteiger partial charge in [0, 0.05) is 21.6 Å². The van der Waals surface area contributed by atoms with Crippen LogP contribution in [0.5, 0.6) is 5.75 Å². The summed E-state index contributed by atoms with van der Waals surface area (Å²) in [6.07, 6.45) is 4.25. The predicted molar refractivity (Wildman–Crippen MR) is 144 cm³/mol. The maximum absolute atomic E-state index is 12.8. The Morgan fingerprint density at radius 2 is 1.69 bits per heavy atom. The minimum absolute atomic E-state index is 0.0713. The highest BCUT2D eigenvalue weighted by Gasteiger charge is 2.16. The van der Waals surface area contributed by atoms with Crippen LogP contribution in [0.15, 0.2) is 46.9 Å². The van der Waals surface area contributed by atoms with E-state index in [0.717, 1.165) is 30.2 Å². The number of ether oxygens (including phenoxy) is 1. The monoisotopic (exact) mass is 562 g/mol. The zero-order valence-electron chi connectivity index (χ0n) is 20.1. The van der Waals surface area contributed by atoms with Gasteiger partial charge in [0.2, 0.25) is 5.91 Å². The number of carbonyl (C=O) groups excluding carboxylic acids is 3. The standard InChI is InChI=1S/C25H31BrN4O4S/c1-4-5-6-7-14-34-21-13-10-18(26)15-20(21)24(33)28-25(35)30-29-23(32)17-8-11-19(12-9-17)27-22(31)16(2)3/h8-13,15-16H,4-7,14H2,1-3H3,(H,27,31)(H,29,32)(H2,28,30,33,35). The Balaban J connectivity index is 1.88. The minimum Gasteiger partial charge on any atom is -0.493 e. The molecular formula is C25H31BrN4O4S. The van der Waals surface area contributed by atoms with Crippen LogP contribution in [-0.4, -0.2) is 29.4 Å². The molecule has 0 atom stereocenters. The summed E-state index contributed by atoms with van der Waals surface area (Å²) in [6.45, 7) is 6.25. The van der Waals surface area contributed by atoms with E-state index in [2.05, 4.69) is 44.3 Å². The molecule has 0 saturated carbocycles. The van der Waals surface area contributed by atoms with E-state index in [0.29, 0.717) is 29.2 Å². The molecule has 0 aliphatic rings. The van der Waals surface area contributed by atoms with Crippen LogP contribution in [0.1, 0.15) is 67.2 Å². The molecule has 4 N–H and O–H groups in total. The molecule has 10 heteroatoms. The summed E-state index contributed by atoms with van der Waals surface area (Å²) in [7, 11) is 0. The van der Waals surface area contributed by atoms with Crippen molar-refractivity contribution >= 4 is 56.7 Å². The van der Waals surface area contributed by atoms with E-state index >= 15 is 0 Å². The molecule has 2 aromatic rings. The second-order valence-corrected chi connectivity index (χ2v) is 9.46. The molecule has 8 nitrogen and oxygen atoms in total. The minimum atomic E-state index is -0.466. The van der Waals surface area contributed by atoms with Crippen molar-refractivity contribution < 1.29 is 19.1 Å². The lowest BCUT2D eigenvalue weighted by atomic mass is 10.1. The molecule has 0 bridgehead atoms. The summed E-state index contributed by atoms with van der Waals surface area (Å²) in [5, 5.41) is 5.23. The number of amides is 3. The Hall–Kier alpha value is -2.98. The number of hydrogen-bond donors (Lipinski definition) is 4. The van der Waals surface area contributed by atoms with Crippen molar-refractivity contribution in [2.75, 3.05) is 11.9 Å². The fraction of sp³-hybridized carbons (Fsp3) is 0.360. The van der Waals surface area contributed by atoms with Crippen molar-refractivity contribution in [3.05, 3.63) is 58.1 Å². The number of anilines is 1. The molecule has 0 aliphatic carbocycles. The summed E-state index contributed by atoms with van der Waals surface area (Å²) in [6, 6.07) is 11.6. The van der Waals surface area contributed by atoms with Crippen molar-refractivity contribution in [3.63, 3.8) is 0 Å². The first kappa shape index (κ1) is 28.3. The number of halogens is 1. The molecule has 0 aromatic heterocycles. The van der Waals surface area contributed by atoms with E-state index in [1.54, 1.807) is 56.3 Å². The van der Waals surface area contributed by atoms with Gasteiger partial charge < -0.3 is 10.1 Å². The number of nitrogens with one attached hydrogen (secondary N) is 4. The van der Waals surface area contributed by atoms with Crippen molar-refractivity contribution in [2.45, 2.75) is 46.5 Å². The van der Waals surface area contributed by atoms with E-state index in [1.165, 1.54) is 0 Å². The average molecular weight is 564 g/mol.